The number of alkyl halides is 3. The Kier molecular flexibility index (Phi) is 3.52. The van der Waals surface area contributed by atoms with Gasteiger partial charge in [-0.2, -0.15) is 13.2 Å². The monoisotopic (exact) mass is 348 g/mol. The van der Waals surface area contributed by atoms with Gasteiger partial charge < -0.3 is 9.84 Å². The van der Waals surface area contributed by atoms with E-state index in [1.807, 2.05) is 12.1 Å². The second kappa shape index (κ2) is 5.51. The van der Waals surface area contributed by atoms with Gasteiger partial charge in [0.05, 0.1) is 11.5 Å². The number of hydrogen-bond donors (Lipinski definition) is 1. The van der Waals surface area contributed by atoms with Crippen molar-refractivity contribution in [1.82, 2.24) is 0 Å². The van der Waals surface area contributed by atoms with E-state index in [4.69, 9.17) is 9.84 Å². The minimum absolute atomic E-state index is 0.0235. The summed E-state index contributed by atoms with van der Waals surface area (Å²) in [5.74, 6) is -0.447. The Morgan fingerprint density at radius 2 is 1.92 bits per heavy atom. The van der Waals surface area contributed by atoms with Gasteiger partial charge in [0.25, 0.3) is 0 Å². The van der Waals surface area contributed by atoms with Crippen LogP contribution >= 0.6 is 0 Å². The van der Waals surface area contributed by atoms with Crippen LogP contribution in [0.3, 0.4) is 0 Å². The SMILES string of the molecule is O=C(O)C1CC1c1ccc2c(c1)CC(c1cccc(C(F)(F)F)c1)O2. The van der Waals surface area contributed by atoms with E-state index in [9.17, 15) is 18.0 Å². The van der Waals surface area contributed by atoms with Gasteiger partial charge in [-0.15, -0.1) is 0 Å². The zero-order chi connectivity index (χ0) is 17.8. The van der Waals surface area contributed by atoms with Crippen molar-refractivity contribution >= 4 is 5.97 Å². The topological polar surface area (TPSA) is 46.5 Å². The molecule has 0 saturated heterocycles. The summed E-state index contributed by atoms with van der Waals surface area (Å²) in [6.45, 7) is 0. The smallest absolute Gasteiger partial charge is 0.416 e. The average molecular weight is 348 g/mol. The molecular formula is C19H15F3O3. The first kappa shape index (κ1) is 16.0. The van der Waals surface area contributed by atoms with Gasteiger partial charge in [-0.1, -0.05) is 24.3 Å². The fourth-order valence-electron chi connectivity index (χ4n) is 3.44. The molecule has 2 aromatic carbocycles. The number of benzene rings is 2. The predicted molar refractivity (Wildman–Crippen MR) is 83.4 cm³/mol. The summed E-state index contributed by atoms with van der Waals surface area (Å²) < 4.78 is 44.4. The Balaban J connectivity index is 1.55. The van der Waals surface area contributed by atoms with Crippen molar-refractivity contribution in [1.29, 1.82) is 0 Å². The molecule has 2 aliphatic rings. The molecule has 0 bridgehead atoms. The van der Waals surface area contributed by atoms with E-state index < -0.39 is 23.8 Å². The molecule has 1 aliphatic carbocycles. The van der Waals surface area contributed by atoms with Gasteiger partial charge in [0.2, 0.25) is 0 Å². The lowest BCUT2D eigenvalue weighted by Gasteiger charge is -2.13. The third-order valence-electron chi connectivity index (χ3n) is 4.88. The van der Waals surface area contributed by atoms with Crippen LogP contribution in [-0.2, 0) is 17.4 Å². The average Bonchev–Trinajstić information content (AvgIpc) is 3.26. The predicted octanol–water partition coefficient (Wildman–Crippen LogP) is 4.57. The normalized spacial score (nSPS) is 24.5. The van der Waals surface area contributed by atoms with Crippen molar-refractivity contribution in [2.24, 2.45) is 5.92 Å². The Labute approximate surface area is 142 Å². The van der Waals surface area contributed by atoms with E-state index in [0.29, 0.717) is 24.2 Å². The Bertz CT molecular complexity index is 844. The van der Waals surface area contributed by atoms with E-state index in [0.717, 1.165) is 23.3 Å². The molecule has 25 heavy (non-hydrogen) atoms. The number of halogens is 3. The van der Waals surface area contributed by atoms with Gasteiger partial charge >= 0.3 is 12.1 Å². The minimum atomic E-state index is -4.38. The van der Waals surface area contributed by atoms with Gasteiger partial charge in [-0.3, -0.25) is 4.79 Å². The molecular weight excluding hydrogens is 333 g/mol. The summed E-state index contributed by atoms with van der Waals surface area (Å²) in [6, 6.07) is 10.8. The van der Waals surface area contributed by atoms with Gasteiger partial charge in [0.1, 0.15) is 11.9 Å². The zero-order valence-corrected chi connectivity index (χ0v) is 13.1. The standard InChI is InChI=1S/C19H15F3O3/c20-19(21,22)13-3-1-2-11(7-13)17-8-12-6-10(4-5-16(12)25-17)14-9-15(14)18(23)24/h1-7,14-15,17H,8-9H2,(H,23,24). The molecule has 4 rings (SSSR count). The molecule has 3 unspecified atom stereocenters. The maximum Gasteiger partial charge on any atom is 0.416 e. The van der Waals surface area contributed by atoms with E-state index >= 15 is 0 Å². The van der Waals surface area contributed by atoms with E-state index in [1.165, 1.54) is 6.07 Å². The van der Waals surface area contributed by atoms with Crippen LogP contribution in [0.25, 0.3) is 0 Å². The van der Waals surface area contributed by atoms with Crippen LogP contribution in [0.2, 0.25) is 0 Å². The highest BCUT2D eigenvalue weighted by atomic mass is 19.4. The van der Waals surface area contributed by atoms with Crippen LogP contribution in [0.1, 0.15) is 40.7 Å². The number of ether oxygens (including phenoxy) is 1. The molecule has 130 valence electrons. The van der Waals surface area contributed by atoms with Gasteiger partial charge in [-0.25, -0.2) is 0 Å². The number of carboxylic acids is 1. The molecule has 0 aromatic heterocycles. The zero-order valence-electron chi connectivity index (χ0n) is 13.1. The summed E-state index contributed by atoms with van der Waals surface area (Å²) in [5, 5.41) is 9.04. The molecule has 1 saturated carbocycles. The molecule has 1 fully saturated rings. The van der Waals surface area contributed by atoms with Crippen LogP contribution in [0, 0.1) is 5.92 Å². The molecule has 1 aliphatic heterocycles. The van der Waals surface area contributed by atoms with Crippen molar-refractivity contribution in [3.63, 3.8) is 0 Å². The number of aliphatic carboxylic acids is 1. The fourth-order valence-corrected chi connectivity index (χ4v) is 3.44. The van der Waals surface area contributed by atoms with Crippen molar-refractivity contribution < 1.29 is 27.8 Å². The largest absolute Gasteiger partial charge is 0.485 e. The summed E-state index contributed by atoms with van der Waals surface area (Å²) in [5.41, 5.74) is 1.67. The van der Waals surface area contributed by atoms with Gasteiger partial charge in [0.15, 0.2) is 0 Å². The Hall–Kier alpha value is -2.50. The molecule has 6 heteroatoms. The molecule has 1 heterocycles. The van der Waals surface area contributed by atoms with Crippen molar-refractivity contribution in [3.8, 4) is 5.75 Å². The van der Waals surface area contributed by atoms with Crippen LogP contribution in [0.15, 0.2) is 42.5 Å². The first-order valence-electron chi connectivity index (χ1n) is 8.02. The van der Waals surface area contributed by atoms with E-state index in [-0.39, 0.29) is 11.8 Å². The Morgan fingerprint density at radius 3 is 2.60 bits per heavy atom. The molecule has 0 amide bonds. The molecule has 1 N–H and O–H groups in total. The van der Waals surface area contributed by atoms with Crippen molar-refractivity contribution in [2.45, 2.75) is 31.0 Å². The summed E-state index contributed by atoms with van der Waals surface area (Å²) >= 11 is 0. The molecule has 3 nitrogen and oxygen atoms in total. The van der Waals surface area contributed by atoms with Crippen molar-refractivity contribution in [3.05, 3.63) is 64.7 Å². The summed E-state index contributed by atoms with van der Waals surface area (Å²) in [7, 11) is 0. The second-order valence-corrected chi connectivity index (χ2v) is 6.59. The van der Waals surface area contributed by atoms with Crippen LogP contribution in [-0.4, -0.2) is 11.1 Å². The van der Waals surface area contributed by atoms with Crippen molar-refractivity contribution in [2.75, 3.05) is 0 Å². The maximum absolute atomic E-state index is 12.9. The highest BCUT2D eigenvalue weighted by Crippen LogP contribution is 2.49. The number of carboxylic acid groups (broad SMARTS) is 1. The first-order valence-corrected chi connectivity index (χ1v) is 8.02. The summed E-state index contributed by atoms with van der Waals surface area (Å²) in [6.07, 6.45) is -3.73. The fraction of sp³-hybridized carbons (Fsp3) is 0.316. The van der Waals surface area contributed by atoms with Crippen LogP contribution in [0.5, 0.6) is 5.75 Å². The third kappa shape index (κ3) is 2.97. The number of rotatable bonds is 3. The summed E-state index contributed by atoms with van der Waals surface area (Å²) in [4.78, 5) is 11.0. The highest BCUT2D eigenvalue weighted by molar-refractivity contribution is 5.75. The second-order valence-electron chi connectivity index (χ2n) is 6.59. The van der Waals surface area contributed by atoms with Crippen LogP contribution < -0.4 is 4.74 Å². The number of fused-ring (bicyclic) bond motifs is 1. The lowest BCUT2D eigenvalue weighted by molar-refractivity contribution is -0.139. The van der Waals surface area contributed by atoms with Crippen LogP contribution in [0.4, 0.5) is 13.2 Å². The van der Waals surface area contributed by atoms with Gasteiger partial charge in [0, 0.05) is 6.42 Å². The van der Waals surface area contributed by atoms with E-state index in [1.54, 1.807) is 12.1 Å². The number of hydrogen-bond acceptors (Lipinski definition) is 2. The lowest BCUT2D eigenvalue weighted by Crippen LogP contribution is -2.08. The molecule has 0 radical (unpaired) electrons. The lowest BCUT2D eigenvalue weighted by atomic mass is 9.99. The molecule has 3 atom stereocenters. The Morgan fingerprint density at radius 1 is 1.12 bits per heavy atom. The maximum atomic E-state index is 12.9. The highest BCUT2D eigenvalue weighted by Gasteiger charge is 2.44. The quantitative estimate of drug-likeness (QED) is 0.884. The number of carbonyl (C=O) groups is 1. The first-order chi connectivity index (χ1) is 11.8. The van der Waals surface area contributed by atoms with E-state index in [2.05, 4.69) is 0 Å². The minimum Gasteiger partial charge on any atom is -0.485 e. The van der Waals surface area contributed by atoms with Gasteiger partial charge in [-0.05, 0) is 47.2 Å². The molecule has 0 spiro atoms. The third-order valence-corrected chi connectivity index (χ3v) is 4.88. The molecule has 2 aromatic rings.